The number of rotatable bonds is 11. The first-order valence-electron chi connectivity index (χ1n) is 33.6. The highest BCUT2D eigenvalue weighted by molar-refractivity contribution is 6.35. The van der Waals surface area contributed by atoms with Crippen LogP contribution < -0.4 is 71.9 Å². The Bertz CT molecular complexity index is 5870. The number of fused-ring (bicyclic) bond motifs is 5. The molecule has 0 bridgehead atoms. The molecule has 1 aliphatic carbocycles. The number of carboxylic acids is 1. The monoisotopic (exact) mass is 1530 g/mol. The smallest absolute Gasteiger partial charge is 0.280 e. The summed E-state index contributed by atoms with van der Waals surface area (Å²) in [5.41, 5.74) is 61.7. The number of nitrogens with two attached hydrogens (primary N) is 10. The molecule has 0 radical (unpaired) electrons. The van der Waals surface area contributed by atoms with Gasteiger partial charge in [0.05, 0.1) is 20.4 Å². The van der Waals surface area contributed by atoms with Crippen LogP contribution in [0.4, 0.5) is 0 Å². The minimum absolute atomic E-state index is 0.211. The molecule has 2 aromatic heterocycles. The van der Waals surface area contributed by atoms with Crippen molar-refractivity contribution in [2.24, 2.45) is 89.3 Å². The third-order valence-corrected chi connectivity index (χ3v) is 17.1. The highest BCUT2D eigenvalue weighted by Gasteiger charge is 2.25. The number of amides is 5. The van der Waals surface area contributed by atoms with Crippen molar-refractivity contribution in [1.29, 1.82) is 0 Å². The summed E-state index contributed by atoms with van der Waals surface area (Å²) in [5, 5.41) is 24.1. The molecule has 562 valence electrons. The molecule has 11 aromatic carbocycles. The zero-order valence-electron chi connectivity index (χ0n) is 60.2. The van der Waals surface area contributed by atoms with E-state index in [1.54, 1.807) is 91.7 Å². The van der Waals surface area contributed by atoms with Gasteiger partial charge in [0.25, 0.3) is 29.5 Å². The Labute approximate surface area is 645 Å². The standard InChI is InChI=1S/C19H18N4O3.C18H14ClN3O.C16H15N5O.C15H15N3O.C12H10ClN3O.C2H4O2/c1-25-16-9-8-15(18(22-16)26-2)14-5-3-4-11-10-12(6-7-13(11)14)17(24)23-19(20)21;19-16-7-2-1-5-15(16)14-6-3-4-11-10-12(8-9-13(11)14)17(23)22-18(20)21;1-21-9-14(8-19-21)12-3-2-11-7-13(5-4-10(11)6-12)15(22)20-16(17)18;16-15(17)18-14(19)11-6-7-13-10(8-11)2-1-3-12(13)9-4-5-9;13-10-3-1-2-7-6-8(4-5-9(7)10)11(17)16-12(14)15;1-2(3)4/h3-10H,1-2H3,(H4,20,21,23,24);1-10H,(H4,20,21,22,23);2-9H,1H3,(H4,17,18,20,22);1-3,6-9H,4-5H2,(H4,16,17,18,19);1-6H,(H4,14,15,16,17);1H3,(H,3,4)/p-1. The fourth-order valence-corrected chi connectivity index (χ4v) is 12.0. The molecule has 0 spiro atoms. The van der Waals surface area contributed by atoms with E-state index in [0.29, 0.717) is 55.5 Å². The summed E-state index contributed by atoms with van der Waals surface area (Å²) in [6, 6.07) is 67.4. The highest BCUT2D eigenvalue weighted by Crippen LogP contribution is 2.43. The summed E-state index contributed by atoms with van der Waals surface area (Å²) in [6.07, 6.45) is 6.29. The lowest BCUT2D eigenvalue weighted by Gasteiger charge is -2.12. The van der Waals surface area contributed by atoms with Crippen LogP contribution in [0.2, 0.25) is 10.0 Å². The van der Waals surface area contributed by atoms with Crippen molar-refractivity contribution in [2.75, 3.05) is 14.2 Å². The van der Waals surface area contributed by atoms with Gasteiger partial charge in [-0.3, -0.25) is 28.7 Å². The Morgan fingerprint density at radius 1 is 0.405 bits per heavy atom. The maximum Gasteiger partial charge on any atom is 0.280 e. The SMILES string of the molecule is CC(=O)[O-].COc1ccc(-c2cccc3cc(C(=O)N=C(N)N)ccc23)c(OC)n1.Cn1cc(-c2ccc3cc(C(=O)N=C(N)N)ccc3c2)cn1.NC(N)=NC(=O)c1ccc2c(-c3ccccc3Cl)cccc2c1.NC(N)=NC(=O)c1ccc2c(C3CC3)cccc2c1.NC(N)=NC(=O)c1ccc2c(Cl)cccc2c1. The van der Waals surface area contributed by atoms with Crippen molar-refractivity contribution in [3.8, 4) is 45.1 Å². The number of hydrogen-bond acceptors (Lipinski definition) is 11. The molecule has 5 amide bonds. The number of methoxy groups -OCH3 is 2. The number of aryl methyl sites for hydroxylation is 1. The number of hydrogen-bond donors (Lipinski definition) is 10. The van der Waals surface area contributed by atoms with Crippen molar-refractivity contribution >= 4 is 142 Å². The number of aliphatic carboxylic acids is 1. The number of halogens is 2. The number of guanidine groups is 5. The molecule has 14 rings (SSSR count). The van der Waals surface area contributed by atoms with Gasteiger partial charge in [-0.05, 0) is 181 Å². The van der Waals surface area contributed by atoms with Crippen LogP contribution in [0.25, 0.3) is 87.2 Å². The lowest BCUT2D eigenvalue weighted by molar-refractivity contribution is -0.302. The minimum atomic E-state index is -1.08. The number of pyridine rings is 1. The van der Waals surface area contributed by atoms with Gasteiger partial charge < -0.3 is 76.7 Å². The van der Waals surface area contributed by atoms with E-state index in [1.165, 1.54) is 23.8 Å². The molecule has 0 atom stereocenters. The number of benzene rings is 11. The fraction of sp³-hybridized carbons (Fsp3) is 0.0854. The third-order valence-electron chi connectivity index (χ3n) is 16.5. The molecular weight excluding hydrogens is 1450 g/mol. The molecule has 1 saturated carbocycles. The first kappa shape index (κ1) is 80.5. The van der Waals surface area contributed by atoms with E-state index < -0.39 is 35.5 Å². The topological polar surface area (TPSA) is 497 Å². The second-order valence-corrected chi connectivity index (χ2v) is 25.3. The normalized spacial score (nSPS) is 10.9. The van der Waals surface area contributed by atoms with E-state index >= 15 is 0 Å². The summed E-state index contributed by atoms with van der Waals surface area (Å²) >= 11 is 12.3. The number of carboxylic acid groups (broad SMARTS) is 1. The first-order valence-corrected chi connectivity index (χ1v) is 34.3. The van der Waals surface area contributed by atoms with Gasteiger partial charge in [-0.1, -0.05) is 151 Å². The largest absolute Gasteiger partial charge is 0.550 e. The van der Waals surface area contributed by atoms with Gasteiger partial charge in [-0.15, -0.1) is 0 Å². The van der Waals surface area contributed by atoms with Gasteiger partial charge >= 0.3 is 0 Å². The molecule has 0 saturated heterocycles. The second-order valence-electron chi connectivity index (χ2n) is 24.5. The van der Waals surface area contributed by atoms with Crippen LogP contribution >= 0.6 is 23.2 Å². The second kappa shape index (κ2) is 37.1. The average Bonchev–Trinajstić information content (AvgIpc) is 0.880. The van der Waals surface area contributed by atoms with Crippen molar-refractivity contribution < 1.29 is 43.3 Å². The zero-order chi connectivity index (χ0) is 80.2. The van der Waals surface area contributed by atoms with Crippen LogP contribution in [0.1, 0.15) is 83.0 Å². The number of carbonyl (C=O) groups is 6. The summed E-state index contributed by atoms with van der Waals surface area (Å²) in [4.78, 5) is 90.1. The third kappa shape index (κ3) is 21.8. The average molecular weight is 1530 g/mol. The van der Waals surface area contributed by atoms with Crippen molar-refractivity contribution in [3.05, 3.63) is 274 Å². The number of nitrogens with zero attached hydrogens (tertiary/aromatic N) is 8. The number of aromatic nitrogens is 3. The fourth-order valence-electron chi connectivity index (χ4n) is 11.5. The van der Waals surface area contributed by atoms with Gasteiger partial charge in [-0.25, -0.2) is 0 Å². The maximum atomic E-state index is 12.0. The van der Waals surface area contributed by atoms with Gasteiger partial charge in [0.2, 0.25) is 11.8 Å². The van der Waals surface area contributed by atoms with Gasteiger partial charge in [0.1, 0.15) is 0 Å². The van der Waals surface area contributed by atoms with Crippen LogP contribution in [0.3, 0.4) is 0 Å². The Kier molecular flexibility index (Phi) is 26.9. The zero-order valence-corrected chi connectivity index (χ0v) is 61.7. The number of aliphatic imine (C=N–C) groups is 5. The lowest BCUT2D eigenvalue weighted by Crippen LogP contribution is -2.24. The lowest BCUT2D eigenvalue weighted by atomic mass is 9.97. The Hall–Kier alpha value is -14.6. The van der Waals surface area contributed by atoms with Crippen LogP contribution in [0.5, 0.6) is 11.8 Å². The van der Waals surface area contributed by atoms with E-state index in [1.807, 2.05) is 153 Å². The molecule has 13 aromatic rings. The first-order chi connectivity index (χ1) is 53.1. The summed E-state index contributed by atoms with van der Waals surface area (Å²) < 4.78 is 12.3. The highest BCUT2D eigenvalue weighted by atomic mass is 35.5. The molecule has 111 heavy (non-hydrogen) atoms. The quantitative estimate of drug-likeness (QED) is 0.0425. The van der Waals surface area contributed by atoms with Crippen molar-refractivity contribution in [1.82, 2.24) is 14.8 Å². The molecule has 1 aliphatic rings. The Morgan fingerprint density at radius 2 is 0.784 bits per heavy atom. The molecular formula is C82H75Cl2N18O9-. The Morgan fingerprint density at radius 3 is 1.23 bits per heavy atom. The van der Waals surface area contributed by atoms with E-state index in [4.69, 9.17) is 99.9 Å². The van der Waals surface area contributed by atoms with E-state index in [-0.39, 0.29) is 29.8 Å². The van der Waals surface area contributed by atoms with Crippen molar-refractivity contribution in [2.45, 2.75) is 25.7 Å². The summed E-state index contributed by atoms with van der Waals surface area (Å²) in [5.74, 6) is -2.95. The number of carbonyl (C=O) groups excluding carboxylic acids is 6. The van der Waals surface area contributed by atoms with E-state index in [2.05, 4.69) is 47.2 Å². The van der Waals surface area contributed by atoms with Gasteiger partial charge in [0.15, 0.2) is 29.8 Å². The minimum Gasteiger partial charge on any atom is -0.550 e. The predicted octanol–water partition coefficient (Wildman–Crippen LogP) is 10.4. The van der Waals surface area contributed by atoms with Crippen LogP contribution in [-0.4, -0.2) is 94.3 Å². The molecule has 2 heterocycles. The molecule has 0 unspecified atom stereocenters. The Balaban J connectivity index is 0.000000158. The van der Waals surface area contributed by atoms with E-state index in [9.17, 15) is 24.0 Å². The van der Waals surface area contributed by atoms with Gasteiger partial charge in [-0.2, -0.15) is 35.0 Å². The molecule has 29 heteroatoms. The van der Waals surface area contributed by atoms with Gasteiger partial charge in [0, 0.05) is 85.2 Å². The van der Waals surface area contributed by atoms with Crippen molar-refractivity contribution in [3.63, 3.8) is 0 Å². The van der Waals surface area contributed by atoms with E-state index in [0.717, 1.165) is 88.8 Å². The van der Waals surface area contributed by atoms with Crippen LogP contribution in [-0.2, 0) is 11.8 Å². The molecule has 20 N–H and O–H groups in total. The molecule has 1 fully saturated rings. The summed E-state index contributed by atoms with van der Waals surface area (Å²) in [6.45, 7) is 0.972. The predicted molar refractivity (Wildman–Crippen MR) is 437 cm³/mol. The molecule has 27 nitrogen and oxygen atoms in total. The maximum absolute atomic E-state index is 12.0. The number of ether oxygens (including phenoxy) is 2. The van der Waals surface area contributed by atoms with Crippen LogP contribution in [0.15, 0.2) is 256 Å². The summed E-state index contributed by atoms with van der Waals surface area (Å²) in [7, 11) is 4.99. The molecule has 0 aliphatic heterocycles. The van der Waals surface area contributed by atoms with Crippen LogP contribution in [0, 0.1) is 0 Å².